The van der Waals surface area contributed by atoms with Gasteiger partial charge in [0.25, 0.3) is 5.69 Å². The molecule has 0 unspecified atom stereocenters. The van der Waals surface area contributed by atoms with Crippen LogP contribution in [0.5, 0.6) is 0 Å². The van der Waals surface area contributed by atoms with E-state index in [-0.39, 0.29) is 5.63 Å². The van der Waals surface area contributed by atoms with Crippen molar-refractivity contribution in [2.45, 2.75) is 25.8 Å². The fourth-order valence-corrected chi connectivity index (χ4v) is 1.30. The van der Waals surface area contributed by atoms with Gasteiger partial charge in [-0.15, -0.1) is 0 Å². The molecule has 0 saturated carbocycles. The molecule has 0 aromatic carbocycles. The third kappa shape index (κ3) is 0.683. The molecule has 1 aliphatic rings. The Bertz CT molecular complexity index is 286. The Morgan fingerprint density at radius 3 is 3.20 bits per heavy atom. The van der Waals surface area contributed by atoms with Crippen LogP contribution in [-0.2, 0) is 13.0 Å². The maximum atomic E-state index is 10.8. The number of fused-ring (bicyclic) bond motifs is 1. The quantitative estimate of drug-likeness (QED) is 0.499. The third-order valence-electron chi connectivity index (χ3n) is 1.86. The molecule has 0 atom stereocenters. The van der Waals surface area contributed by atoms with Gasteiger partial charge in [0, 0.05) is 12.8 Å². The Kier molecular flexibility index (Phi) is 1.12. The van der Waals surface area contributed by atoms with Gasteiger partial charge in [0.05, 0.1) is 0 Å². The molecule has 0 spiro atoms. The molecule has 1 aliphatic heterocycles. The second kappa shape index (κ2) is 1.97. The Balaban J connectivity index is 2.55. The first-order valence-electron chi connectivity index (χ1n) is 3.48. The molecule has 2 heterocycles. The van der Waals surface area contributed by atoms with Gasteiger partial charge in [0.1, 0.15) is 0 Å². The lowest BCUT2D eigenvalue weighted by Crippen LogP contribution is -2.43. The zero-order valence-electron chi connectivity index (χ0n) is 5.59. The highest BCUT2D eigenvalue weighted by molar-refractivity contribution is 4.84. The highest BCUT2D eigenvalue weighted by Gasteiger charge is 2.23. The second-order valence-electron chi connectivity index (χ2n) is 2.54. The number of nitrogens with zero attached hydrogens (tertiary/aromatic N) is 1. The van der Waals surface area contributed by atoms with Gasteiger partial charge >= 0.3 is 5.63 Å². The number of hydrogen-bond donors (Lipinski definition) is 1. The van der Waals surface area contributed by atoms with Crippen LogP contribution in [0.3, 0.4) is 0 Å². The average molecular weight is 141 g/mol. The molecule has 1 aromatic rings. The van der Waals surface area contributed by atoms with Gasteiger partial charge in [0.15, 0.2) is 6.54 Å². The summed E-state index contributed by atoms with van der Waals surface area (Å²) in [5.41, 5.74) is 0.575. The van der Waals surface area contributed by atoms with Crippen molar-refractivity contribution in [1.82, 2.24) is 5.27 Å². The molecule has 1 aromatic heterocycles. The van der Waals surface area contributed by atoms with E-state index in [9.17, 15) is 4.79 Å². The molecular formula is C6H9N2O2+. The summed E-state index contributed by atoms with van der Waals surface area (Å²) in [6.45, 7) is 0.890. The van der Waals surface area contributed by atoms with E-state index in [2.05, 4.69) is 9.79 Å². The SMILES string of the molecule is O=c1o[nH][n+]2c1CCCC2. The number of rotatable bonds is 0. The third-order valence-corrected chi connectivity index (χ3v) is 1.86. The van der Waals surface area contributed by atoms with E-state index in [0.29, 0.717) is 0 Å². The molecule has 54 valence electrons. The van der Waals surface area contributed by atoms with Crippen LogP contribution < -0.4 is 10.3 Å². The normalized spacial score (nSPS) is 16.8. The fourth-order valence-electron chi connectivity index (χ4n) is 1.30. The average Bonchev–Trinajstić information content (AvgIpc) is 2.34. The summed E-state index contributed by atoms with van der Waals surface area (Å²) >= 11 is 0. The lowest BCUT2D eigenvalue weighted by atomic mass is 10.1. The van der Waals surface area contributed by atoms with Gasteiger partial charge in [0.2, 0.25) is 0 Å². The van der Waals surface area contributed by atoms with E-state index < -0.39 is 0 Å². The maximum absolute atomic E-state index is 10.8. The maximum Gasteiger partial charge on any atom is 0.429 e. The predicted molar refractivity (Wildman–Crippen MR) is 32.5 cm³/mol. The molecule has 0 radical (unpaired) electrons. The van der Waals surface area contributed by atoms with E-state index in [1.165, 1.54) is 0 Å². The number of H-pyrrole nitrogens is 1. The molecule has 4 heteroatoms. The van der Waals surface area contributed by atoms with E-state index in [1.807, 2.05) is 0 Å². The van der Waals surface area contributed by atoms with E-state index in [4.69, 9.17) is 0 Å². The lowest BCUT2D eigenvalue weighted by Gasteiger charge is -1.99. The van der Waals surface area contributed by atoms with Crippen molar-refractivity contribution < 1.29 is 9.20 Å². The summed E-state index contributed by atoms with van der Waals surface area (Å²) in [6.07, 6.45) is 3.08. The molecular weight excluding hydrogens is 132 g/mol. The minimum Gasteiger partial charge on any atom is -0.283 e. The van der Waals surface area contributed by atoms with Crippen LogP contribution in [-0.4, -0.2) is 5.27 Å². The van der Waals surface area contributed by atoms with Crippen molar-refractivity contribution in [3.63, 3.8) is 0 Å². The molecule has 10 heavy (non-hydrogen) atoms. The lowest BCUT2D eigenvalue weighted by molar-refractivity contribution is -0.772. The van der Waals surface area contributed by atoms with Gasteiger partial charge in [-0.3, -0.25) is 4.52 Å². The van der Waals surface area contributed by atoms with E-state index in [0.717, 1.165) is 31.5 Å². The number of aryl methyl sites for hydroxylation is 1. The highest BCUT2D eigenvalue weighted by Crippen LogP contribution is 2.00. The van der Waals surface area contributed by atoms with Crippen molar-refractivity contribution in [2.24, 2.45) is 0 Å². The monoisotopic (exact) mass is 141 g/mol. The fraction of sp³-hybridized carbons (Fsp3) is 0.667. The van der Waals surface area contributed by atoms with Crippen molar-refractivity contribution >= 4 is 0 Å². The van der Waals surface area contributed by atoms with Crippen molar-refractivity contribution in [3.8, 4) is 0 Å². The Hall–Kier alpha value is -1.06. The van der Waals surface area contributed by atoms with Crippen LogP contribution in [0.1, 0.15) is 18.5 Å². The van der Waals surface area contributed by atoms with Gasteiger partial charge in [-0.2, -0.15) is 0 Å². The second-order valence-corrected chi connectivity index (χ2v) is 2.54. The summed E-state index contributed by atoms with van der Waals surface area (Å²) in [7, 11) is 0. The van der Waals surface area contributed by atoms with Gasteiger partial charge in [-0.1, -0.05) is 4.68 Å². The first-order valence-corrected chi connectivity index (χ1v) is 3.48. The minimum absolute atomic E-state index is 0.209. The Morgan fingerprint density at radius 1 is 1.50 bits per heavy atom. The van der Waals surface area contributed by atoms with Crippen LogP contribution in [0.2, 0.25) is 0 Å². The Labute approximate surface area is 57.4 Å². The van der Waals surface area contributed by atoms with E-state index in [1.54, 1.807) is 4.68 Å². The zero-order valence-corrected chi connectivity index (χ0v) is 5.59. The summed E-state index contributed by atoms with van der Waals surface area (Å²) in [5.74, 6) is 0. The van der Waals surface area contributed by atoms with E-state index >= 15 is 0 Å². The largest absolute Gasteiger partial charge is 0.429 e. The molecule has 0 bridgehead atoms. The van der Waals surface area contributed by atoms with Gasteiger partial charge in [-0.25, -0.2) is 4.79 Å². The molecule has 0 fully saturated rings. The first kappa shape index (κ1) is 5.70. The van der Waals surface area contributed by atoms with Gasteiger partial charge < -0.3 is 0 Å². The molecule has 0 aliphatic carbocycles. The molecule has 1 N–H and O–H groups in total. The molecule has 0 saturated heterocycles. The first-order chi connectivity index (χ1) is 4.88. The zero-order chi connectivity index (χ0) is 6.97. The van der Waals surface area contributed by atoms with Crippen molar-refractivity contribution in [1.29, 1.82) is 0 Å². The van der Waals surface area contributed by atoms with Crippen LogP contribution in [0.15, 0.2) is 9.32 Å². The molecule has 2 rings (SSSR count). The number of hydrogen-bond acceptors (Lipinski definition) is 2. The van der Waals surface area contributed by atoms with Crippen LogP contribution >= 0.6 is 0 Å². The summed E-state index contributed by atoms with van der Waals surface area (Å²) in [6, 6.07) is 0. The van der Waals surface area contributed by atoms with Gasteiger partial charge in [-0.05, 0) is 11.7 Å². The Morgan fingerprint density at radius 2 is 2.40 bits per heavy atom. The van der Waals surface area contributed by atoms with Crippen molar-refractivity contribution in [2.75, 3.05) is 0 Å². The number of nitrogens with one attached hydrogen (secondary N) is 1. The van der Waals surface area contributed by atoms with Crippen LogP contribution in [0.25, 0.3) is 0 Å². The minimum atomic E-state index is -0.209. The van der Waals surface area contributed by atoms with Crippen LogP contribution in [0.4, 0.5) is 0 Å². The van der Waals surface area contributed by atoms with Crippen LogP contribution in [0, 0.1) is 0 Å². The highest BCUT2D eigenvalue weighted by atomic mass is 16.5. The molecule has 0 amide bonds. The summed E-state index contributed by atoms with van der Waals surface area (Å²) < 4.78 is 6.38. The predicted octanol–water partition coefficient (Wildman–Crippen LogP) is -0.408. The standard InChI is InChI=1S/C6H8N2O2/c9-6-5-3-1-2-4-8(5)7-10-6/h1-4H2/p+1. The van der Waals surface area contributed by atoms with Crippen molar-refractivity contribution in [3.05, 3.63) is 16.1 Å². The number of aromatic amines is 1. The summed E-state index contributed by atoms with van der Waals surface area (Å²) in [5, 5.41) is 2.56. The molecule has 4 nitrogen and oxygen atoms in total. The smallest absolute Gasteiger partial charge is 0.283 e. The summed E-state index contributed by atoms with van der Waals surface area (Å²) in [4.78, 5) is 10.8. The topological polar surface area (TPSA) is 49.9 Å². The number of aromatic nitrogens is 2.